The third-order valence-electron chi connectivity index (χ3n) is 2.36. The van der Waals surface area contributed by atoms with E-state index in [4.69, 9.17) is 0 Å². The SMILES string of the molecule is C.CC1=C[C@@H](O)CC(C)(C)[C@H]1O.[2HH]. The van der Waals surface area contributed by atoms with Gasteiger partial charge in [0.05, 0.1) is 12.2 Å². The second-order valence-electron chi connectivity index (χ2n) is 4.07. The van der Waals surface area contributed by atoms with Crippen LogP contribution in [0.25, 0.3) is 0 Å². The van der Waals surface area contributed by atoms with Crippen molar-refractivity contribution in [2.24, 2.45) is 5.41 Å². The first-order valence-corrected chi connectivity index (χ1v) is 3.98. The summed E-state index contributed by atoms with van der Waals surface area (Å²) in [5, 5.41) is 19.0. The molecule has 1 aliphatic carbocycles. The van der Waals surface area contributed by atoms with Gasteiger partial charge in [0.2, 0.25) is 0 Å². The Bertz CT molecular complexity index is 187. The topological polar surface area (TPSA) is 40.5 Å². The first kappa shape index (κ1) is 11.7. The van der Waals surface area contributed by atoms with Crippen molar-refractivity contribution in [2.75, 3.05) is 0 Å². The van der Waals surface area contributed by atoms with E-state index in [0.717, 1.165) is 5.57 Å². The first-order chi connectivity index (χ1) is 4.93. The molecule has 0 unspecified atom stereocenters. The number of aliphatic hydroxyl groups is 2. The summed E-state index contributed by atoms with van der Waals surface area (Å²) in [4.78, 5) is 0. The molecule has 2 atom stereocenters. The van der Waals surface area contributed by atoms with Gasteiger partial charge in [0.25, 0.3) is 0 Å². The summed E-state index contributed by atoms with van der Waals surface area (Å²) in [7, 11) is 0. The Labute approximate surface area is 76.4 Å². The molecule has 1 aliphatic rings. The molecule has 0 saturated carbocycles. The van der Waals surface area contributed by atoms with Gasteiger partial charge < -0.3 is 10.2 Å². The molecule has 12 heavy (non-hydrogen) atoms. The molecule has 0 saturated heterocycles. The summed E-state index contributed by atoms with van der Waals surface area (Å²) in [6.07, 6.45) is 1.60. The van der Waals surface area contributed by atoms with Gasteiger partial charge in [-0.1, -0.05) is 27.4 Å². The average Bonchev–Trinajstić information content (AvgIpc) is 1.81. The Morgan fingerprint density at radius 3 is 2.42 bits per heavy atom. The fraction of sp³-hybridized carbons (Fsp3) is 0.800. The average molecular weight is 175 g/mol. The molecular weight excluding hydrogens is 152 g/mol. The summed E-state index contributed by atoms with van der Waals surface area (Å²) in [6, 6.07) is 0. The minimum absolute atomic E-state index is 0. The Morgan fingerprint density at radius 2 is 2.00 bits per heavy atom. The van der Waals surface area contributed by atoms with Crippen molar-refractivity contribution in [1.82, 2.24) is 0 Å². The van der Waals surface area contributed by atoms with Crippen LogP contribution < -0.4 is 0 Å². The Kier molecular flexibility index (Phi) is 3.48. The molecule has 2 N–H and O–H groups in total. The molecule has 0 aromatic heterocycles. The summed E-state index contributed by atoms with van der Waals surface area (Å²) < 4.78 is 0. The van der Waals surface area contributed by atoms with Gasteiger partial charge >= 0.3 is 0 Å². The van der Waals surface area contributed by atoms with E-state index >= 15 is 0 Å². The van der Waals surface area contributed by atoms with Crippen LogP contribution in [0.4, 0.5) is 0 Å². The maximum Gasteiger partial charge on any atom is 0.0800 e. The molecule has 0 aliphatic heterocycles. The van der Waals surface area contributed by atoms with Gasteiger partial charge in [-0.05, 0) is 24.3 Å². The Hall–Kier alpha value is -0.340. The van der Waals surface area contributed by atoms with Crippen LogP contribution in [0.15, 0.2) is 11.6 Å². The number of hydrogen-bond acceptors (Lipinski definition) is 2. The van der Waals surface area contributed by atoms with Crippen LogP contribution in [0.1, 0.15) is 36.0 Å². The van der Waals surface area contributed by atoms with Gasteiger partial charge in [0.15, 0.2) is 0 Å². The van der Waals surface area contributed by atoms with E-state index in [9.17, 15) is 10.2 Å². The number of aliphatic hydroxyl groups excluding tert-OH is 2. The maximum absolute atomic E-state index is 9.64. The predicted octanol–water partition coefficient (Wildman–Crippen LogP) is 1.97. The van der Waals surface area contributed by atoms with Crippen molar-refractivity contribution in [1.29, 1.82) is 0 Å². The number of rotatable bonds is 0. The summed E-state index contributed by atoms with van der Waals surface area (Å²) >= 11 is 0. The lowest BCUT2D eigenvalue weighted by molar-refractivity contribution is 0.0277. The Morgan fingerprint density at radius 1 is 1.50 bits per heavy atom. The van der Waals surface area contributed by atoms with Crippen molar-refractivity contribution in [3.63, 3.8) is 0 Å². The van der Waals surface area contributed by atoms with E-state index in [1.54, 1.807) is 6.08 Å². The lowest BCUT2D eigenvalue weighted by Crippen LogP contribution is -2.37. The predicted molar refractivity (Wildman–Crippen MR) is 53.0 cm³/mol. The Balaban J connectivity index is 0. The molecule has 0 amide bonds. The van der Waals surface area contributed by atoms with Crippen LogP contribution in [0.2, 0.25) is 0 Å². The second-order valence-corrected chi connectivity index (χ2v) is 4.07. The van der Waals surface area contributed by atoms with Crippen molar-refractivity contribution in [2.45, 2.75) is 46.8 Å². The van der Waals surface area contributed by atoms with E-state index in [2.05, 4.69) is 0 Å². The van der Waals surface area contributed by atoms with E-state index < -0.39 is 6.10 Å². The normalized spacial score (nSPS) is 33.6. The smallest absolute Gasteiger partial charge is 0.0800 e. The molecule has 0 aromatic carbocycles. The molecule has 0 heterocycles. The van der Waals surface area contributed by atoms with Crippen LogP contribution in [-0.4, -0.2) is 22.4 Å². The zero-order valence-corrected chi connectivity index (χ0v) is 7.33. The summed E-state index contributed by atoms with van der Waals surface area (Å²) in [6.45, 7) is 5.80. The van der Waals surface area contributed by atoms with E-state index in [1.165, 1.54) is 0 Å². The standard InChI is InChI=1S/C9H16O2.CH4.H2/c1-6-4-7(10)5-9(2,3)8(6)11;;/h4,7-8,10-11H,5H2,1-3H3;1H4;1H/t7-,8+;;/m1../s1/i;;1+1. The fourth-order valence-electron chi connectivity index (χ4n) is 1.72. The largest absolute Gasteiger partial charge is 0.389 e. The van der Waals surface area contributed by atoms with Gasteiger partial charge in [-0.3, -0.25) is 0 Å². The second kappa shape index (κ2) is 3.58. The van der Waals surface area contributed by atoms with Crippen LogP contribution in [0, 0.1) is 5.41 Å². The number of hydrogen-bond donors (Lipinski definition) is 2. The highest BCUT2D eigenvalue weighted by atomic mass is 16.3. The van der Waals surface area contributed by atoms with Crippen LogP contribution in [0.5, 0.6) is 0 Å². The third-order valence-corrected chi connectivity index (χ3v) is 2.36. The monoisotopic (exact) mass is 175 g/mol. The van der Waals surface area contributed by atoms with Crippen molar-refractivity contribution in [3.8, 4) is 0 Å². The lowest BCUT2D eigenvalue weighted by atomic mass is 9.74. The molecule has 0 spiro atoms. The van der Waals surface area contributed by atoms with Crippen LogP contribution in [-0.2, 0) is 0 Å². The van der Waals surface area contributed by atoms with Crippen molar-refractivity contribution >= 4 is 0 Å². The van der Waals surface area contributed by atoms with Gasteiger partial charge in [-0.2, -0.15) is 0 Å². The molecule has 0 bridgehead atoms. The highest BCUT2D eigenvalue weighted by Crippen LogP contribution is 2.35. The minimum Gasteiger partial charge on any atom is -0.389 e. The third kappa shape index (κ3) is 2.08. The van der Waals surface area contributed by atoms with Crippen LogP contribution in [0.3, 0.4) is 0 Å². The zero-order chi connectivity index (χ0) is 8.65. The quantitative estimate of drug-likeness (QED) is 0.553. The first-order valence-electron chi connectivity index (χ1n) is 3.98. The van der Waals surface area contributed by atoms with Crippen molar-refractivity contribution in [3.05, 3.63) is 11.6 Å². The van der Waals surface area contributed by atoms with Crippen molar-refractivity contribution < 1.29 is 11.6 Å². The zero-order valence-electron chi connectivity index (χ0n) is 7.33. The summed E-state index contributed by atoms with van der Waals surface area (Å²) in [5.74, 6) is 0. The van der Waals surface area contributed by atoms with Crippen LogP contribution >= 0.6 is 0 Å². The highest BCUT2D eigenvalue weighted by Gasteiger charge is 2.34. The molecule has 0 fully saturated rings. The van der Waals surface area contributed by atoms with Gasteiger partial charge in [0, 0.05) is 1.43 Å². The molecule has 2 nitrogen and oxygen atoms in total. The van der Waals surface area contributed by atoms with Gasteiger partial charge in [-0.15, -0.1) is 0 Å². The molecule has 0 radical (unpaired) electrons. The highest BCUT2D eigenvalue weighted by molar-refractivity contribution is 5.16. The molecule has 0 aromatic rings. The minimum atomic E-state index is -0.397. The van der Waals surface area contributed by atoms with E-state index in [0.29, 0.717) is 6.42 Å². The maximum atomic E-state index is 9.64. The summed E-state index contributed by atoms with van der Waals surface area (Å²) in [5.41, 5.74) is 0.701. The van der Waals surface area contributed by atoms with Gasteiger partial charge in [-0.25, -0.2) is 0 Å². The van der Waals surface area contributed by atoms with E-state index in [-0.39, 0.29) is 20.4 Å². The van der Waals surface area contributed by atoms with E-state index in [1.807, 2.05) is 20.8 Å². The molecular formula is C10H22O2. The molecule has 2 heteroatoms. The fourth-order valence-corrected chi connectivity index (χ4v) is 1.72. The van der Waals surface area contributed by atoms with Gasteiger partial charge in [0.1, 0.15) is 0 Å². The molecule has 74 valence electrons. The lowest BCUT2D eigenvalue weighted by Gasteiger charge is -2.36. The molecule has 1 rings (SSSR count).